The molecule has 3 N–H and O–H groups in total. The summed E-state index contributed by atoms with van der Waals surface area (Å²) >= 11 is 0. The van der Waals surface area contributed by atoms with Crippen LogP contribution >= 0.6 is 0 Å². The fourth-order valence-electron chi connectivity index (χ4n) is 2.02. The highest BCUT2D eigenvalue weighted by atomic mass is 16.3. The zero-order valence-electron chi connectivity index (χ0n) is 8.56. The van der Waals surface area contributed by atoms with E-state index in [4.69, 9.17) is 10.2 Å². The number of aliphatic hydroxyl groups is 2. The summed E-state index contributed by atoms with van der Waals surface area (Å²) in [5.74, 6) is 0. The third-order valence-corrected chi connectivity index (χ3v) is 2.84. The normalized spacial score (nSPS) is 19.5. The van der Waals surface area contributed by atoms with Crippen LogP contribution in [0.1, 0.15) is 23.7 Å². The van der Waals surface area contributed by atoms with Crippen molar-refractivity contribution in [1.29, 1.82) is 0 Å². The second-order valence-corrected chi connectivity index (χ2v) is 3.87. The first-order valence-corrected chi connectivity index (χ1v) is 5.26. The van der Waals surface area contributed by atoms with Crippen LogP contribution in [-0.2, 0) is 6.42 Å². The van der Waals surface area contributed by atoms with E-state index < -0.39 is 0 Å². The first-order valence-electron chi connectivity index (χ1n) is 5.26. The Morgan fingerprint density at radius 3 is 3.00 bits per heavy atom. The van der Waals surface area contributed by atoms with Gasteiger partial charge in [0.1, 0.15) is 0 Å². The number of aryl methyl sites for hydroxylation is 1. The van der Waals surface area contributed by atoms with Crippen molar-refractivity contribution in [3.63, 3.8) is 0 Å². The summed E-state index contributed by atoms with van der Waals surface area (Å²) in [6.45, 7) is -0.0929. The van der Waals surface area contributed by atoms with Gasteiger partial charge in [-0.25, -0.2) is 0 Å². The zero-order chi connectivity index (χ0) is 10.7. The molecule has 1 aromatic heterocycles. The summed E-state index contributed by atoms with van der Waals surface area (Å²) < 4.78 is 0. The van der Waals surface area contributed by atoms with E-state index in [0.29, 0.717) is 0 Å². The van der Waals surface area contributed by atoms with Crippen LogP contribution < -0.4 is 5.32 Å². The van der Waals surface area contributed by atoms with Crippen molar-refractivity contribution in [2.45, 2.75) is 24.9 Å². The molecule has 1 atom stereocenters. The number of rotatable bonds is 4. The van der Waals surface area contributed by atoms with Gasteiger partial charge in [-0.1, -0.05) is 6.07 Å². The molecule has 0 spiro atoms. The van der Waals surface area contributed by atoms with Gasteiger partial charge in [-0.3, -0.25) is 4.98 Å². The Hall–Kier alpha value is -0.970. The standard InChI is InChI=1S/C11H16N2O2/c14-6-9(7-15)13-10-4-3-8-2-1-5-12-11(8)10/h1-2,5,9-10,13-15H,3-4,6-7H2. The lowest BCUT2D eigenvalue weighted by molar-refractivity contribution is 0.161. The second-order valence-electron chi connectivity index (χ2n) is 3.87. The quantitative estimate of drug-likeness (QED) is 0.652. The van der Waals surface area contributed by atoms with Crippen LogP contribution in [0.4, 0.5) is 0 Å². The van der Waals surface area contributed by atoms with Crippen LogP contribution in [0.25, 0.3) is 0 Å². The summed E-state index contributed by atoms with van der Waals surface area (Å²) in [6, 6.07) is 3.95. The van der Waals surface area contributed by atoms with Crippen LogP contribution in [-0.4, -0.2) is 34.5 Å². The number of nitrogens with one attached hydrogen (secondary N) is 1. The zero-order valence-corrected chi connectivity index (χ0v) is 8.56. The number of aliphatic hydroxyl groups excluding tert-OH is 2. The molecule has 15 heavy (non-hydrogen) atoms. The summed E-state index contributed by atoms with van der Waals surface area (Å²) in [7, 11) is 0. The molecule has 0 fully saturated rings. The van der Waals surface area contributed by atoms with Crippen molar-refractivity contribution in [1.82, 2.24) is 10.3 Å². The molecular formula is C11H16N2O2. The van der Waals surface area contributed by atoms with Crippen molar-refractivity contribution in [2.75, 3.05) is 13.2 Å². The van der Waals surface area contributed by atoms with Gasteiger partial charge in [-0.2, -0.15) is 0 Å². The van der Waals surface area contributed by atoms with Crippen LogP contribution in [0.15, 0.2) is 18.3 Å². The maximum absolute atomic E-state index is 8.99. The van der Waals surface area contributed by atoms with Gasteiger partial charge in [0.15, 0.2) is 0 Å². The van der Waals surface area contributed by atoms with Gasteiger partial charge in [-0.15, -0.1) is 0 Å². The fraction of sp³-hybridized carbons (Fsp3) is 0.545. The molecule has 1 aromatic rings. The van der Waals surface area contributed by atoms with Crippen LogP contribution in [0, 0.1) is 0 Å². The van der Waals surface area contributed by atoms with E-state index in [1.54, 1.807) is 6.20 Å². The predicted octanol–water partition coefficient (Wildman–Crippen LogP) is 0.0117. The van der Waals surface area contributed by atoms with Gasteiger partial charge in [0.25, 0.3) is 0 Å². The molecule has 0 aliphatic heterocycles. The molecule has 2 rings (SSSR count). The Labute approximate surface area is 89.0 Å². The molecule has 4 nitrogen and oxygen atoms in total. The SMILES string of the molecule is OCC(CO)NC1CCc2cccnc21. The topological polar surface area (TPSA) is 65.4 Å². The summed E-state index contributed by atoms with van der Waals surface area (Å²) in [4.78, 5) is 4.34. The largest absolute Gasteiger partial charge is 0.395 e. The molecule has 82 valence electrons. The molecule has 0 saturated carbocycles. The lowest BCUT2D eigenvalue weighted by Gasteiger charge is -2.19. The van der Waals surface area contributed by atoms with E-state index in [2.05, 4.69) is 16.4 Å². The Kier molecular flexibility index (Phi) is 3.30. The molecular weight excluding hydrogens is 192 g/mol. The number of aromatic nitrogens is 1. The molecule has 0 saturated heterocycles. The number of hydrogen-bond donors (Lipinski definition) is 3. The third kappa shape index (κ3) is 2.17. The van der Waals surface area contributed by atoms with E-state index in [9.17, 15) is 0 Å². The van der Waals surface area contributed by atoms with E-state index in [0.717, 1.165) is 18.5 Å². The number of pyridine rings is 1. The van der Waals surface area contributed by atoms with Crippen molar-refractivity contribution >= 4 is 0 Å². The first kappa shape index (κ1) is 10.5. The molecule has 4 heteroatoms. The van der Waals surface area contributed by atoms with Crippen LogP contribution in [0.5, 0.6) is 0 Å². The monoisotopic (exact) mass is 208 g/mol. The first-order chi connectivity index (χ1) is 7.35. The Morgan fingerprint density at radius 1 is 1.47 bits per heavy atom. The van der Waals surface area contributed by atoms with Crippen LogP contribution in [0.3, 0.4) is 0 Å². The lowest BCUT2D eigenvalue weighted by Crippen LogP contribution is -2.38. The minimum Gasteiger partial charge on any atom is -0.395 e. The highest BCUT2D eigenvalue weighted by Crippen LogP contribution is 2.28. The Balaban J connectivity index is 2.07. The summed E-state index contributed by atoms with van der Waals surface area (Å²) in [5, 5.41) is 21.2. The van der Waals surface area contributed by atoms with Gasteiger partial charge in [0, 0.05) is 6.20 Å². The van der Waals surface area contributed by atoms with Crippen molar-refractivity contribution in [2.24, 2.45) is 0 Å². The highest BCUT2D eigenvalue weighted by Gasteiger charge is 2.25. The predicted molar refractivity (Wildman–Crippen MR) is 56.4 cm³/mol. The smallest absolute Gasteiger partial charge is 0.0607 e. The van der Waals surface area contributed by atoms with Gasteiger partial charge < -0.3 is 15.5 Å². The molecule has 1 heterocycles. The minimum atomic E-state index is -0.247. The maximum Gasteiger partial charge on any atom is 0.0607 e. The molecule has 0 amide bonds. The Morgan fingerprint density at radius 2 is 2.27 bits per heavy atom. The summed E-state index contributed by atoms with van der Waals surface area (Å²) in [5.41, 5.74) is 2.33. The van der Waals surface area contributed by atoms with E-state index in [-0.39, 0.29) is 25.3 Å². The summed E-state index contributed by atoms with van der Waals surface area (Å²) in [6.07, 6.45) is 3.79. The van der Waals surface area contributed by atoms with E-state index in [1.165, 1.54) is 5.56 Å². The van der Waals surface area contributed by atoms with Gasteiger partial charge in [-0.05, 0) is 24.5 Å². The molecule has 1 aliphatic carbocycles. The van der Waals surface area contributed by atoms with Crippen molar-refractivity contribution in [3.8, 4) is 0 Å². The van der Waals surface area contributed by atoms with Crippen molar-refractivity contribution < 1.29 is 10.2 Å². The highest BCUT2D eigenvalue weighted by molar-refractivity contribution is 5.27. The molecule has 0 bridgehead atoms. The van der Waals surface area contributed by atoms with Gasteiger partial charge in [0.2, 0.25) is 0 Å². The molecule has 1 unspecified atom stereocenters. The average molecular weight is 208 g/mol. The molecule has 1 aliphatic rings. The van der Waals surface area contributed by atoms with E-state index in [1.807, 2.05) is 6.07 Å². The minimum absolute atomic E-state index is 0.0465. The number of nitrogens with zero attached hydrogens (tertiary/aromatic N) is 1. The number of fused-ring (bicyclic) bond motifs is 1. The number of hydrogen-bond acceptors (Lipinski definition) is 4. The van der Waals surface area contributed by atoms with Crippen molar-refractivity contribution in [3.05, 3.63) is 29.6 Å². The van der Waals surface area contributed by atoms with E-state index >= 15 is 0 Å². The Bertz CT molecular complexity index is 326. The fourth-order valence-corrected chi connectivity index (χ4v) is 2.02. The molecule has 0 aromatic carbocycles. The van der Waals surface area contributed by atoms with Gasteiger partial charge in [0.05, 0.1) is 31.0 Å². The molecule has 0 radical (unpaired) electrons. The van der Waals surface area contributed by atoms with Gasteiger partial charge >= 0.3 is 0 Å². The second kappa shape index (κ2) is 4.70. The maximum atomic E-state index is 8.99. The third-order valence-electron chi connectivity index (χ3n) is 2.84. The lowest BCUT2D eigenvalue weighted by atomic mass is 10.2. The average Bonchev–Trinajstić information content (AvgIpc) is 2.69. The van der Waals surface area contributed by atoms with Crippen LogP contribution in [0.2, 0.25) is 0 Å².